The van der Waals surface area contributed by atoms with Crippen LogP contribution in [0.4, 0.5) is 5.95 Å². The summed E-state index contributed by atoms with van der Waals surface area (Å²) in [6, 6.07) is 7.79. The molecular formula is C26H34N8O3. The number of aryl methyl sites for hydroxylation is 2. The Morgan fingerprint density at radius 1 is 1.30 bits per heavy atom. The minimum Gasteiger partial charge on any atom is -0.467 e. The number of rotatable bonds is 5. The van der Waals surface area contributed by atoms with Crippen molar-refractivity contribution in [2.45, 2.75) is 57.8 Å². The van der Waals surface area contributed by atoms with Crippen LogP contribution in [0, 0.1) is 5.41 Å². The van der Waals surface area contributed by atoms with Crippen LogP contribution in [-0.2, 0) is 36.1 Å². The van der Waals surface area contributed by atoms with Crippen LogP contribution >= 0.6 is 0 Å². The molecule has 11 nitrogen and oxygen atoms in total. The number of anilines is 1. The van der Waals surface area contributed by atoms with E-state index in [1.54, 1.807) is 14.0 Å². The molecule has 0 bridgehead atoms. The van der Waals surface area contributed by atoms with Gasteiger partial charge in [0.2, 0.25) is 5.95 Å². The zero-order chi connectivity index (χ0) is 26.5. The summed E-state index contributed by atoms with van der Waals surface area (Å²) in [5.41, 5.74) is 8.24. The minimum absolute atomic E-state index is 0.0455. The van der Waals surface area contributed by atoms with Gasteiger partial charge >= 0.3 is 11.7 Å². The second-order valence-corrected chi connectivity index (χ2v) is 10.1. The Hall–Kier alpha value is -3.73. The number of benzene rings is 1. The van der Waals surface area contributed by atoms with Gasteiger partial charge in [0, 0.05) is 44.7 Å². The zero-order valence-electron chi connectivity index (χ0n) is 21.8. The molecule has 196 valence electrons. The quantitative estimate of drug-likeness (QED) is 0.494. The van der Waals surface area contributed by atoms with Gasteiger partial charge in [0.1, 0.15) is 5.52 Å². The number of carbonyl (C=O) groups excluding carboxylic acids is 1. The summed E-state index contributed by atoms with van der Waals surface area (Å²) in [6.07, 6.45) is 2.34. The molecule has 2 unspecified atom stereocenters. The van der Waals surface area contributed by atoms with Gasteiger partial charge in [-0.3, -0.25) is 19.5 Å². The standard InChI is InChI=1S/C26H34N8O3/c1-5-33-20-21(28)34(25(36)31(3)22(20)29-24(33)32-12-8-10-17(27)14-32)15-19-18-11-7-6-9-16(18)13-26(2,30-19)23(35)37-4/h6-7,9,11,17,28H,5,8,10,12-15,27H2,1-4H3. The van der Waals surface area contributed by atoms with Crippen molar-refractivity contribution >= 4 is 28.8 Å². The normalized spacial score (nSPS) is 21.6. The smallest absolute Gasteiger partial charge is 0.333 e. The molecule has 3 aromatic rings. The number of hydrogen-bond donors (Lipinski definition) is 2. The molecule has 2 aliphatic rings. The number of nitrogens with two attached hydrogens (primary N) is 1. The molecule has 1 aromatic carbocycles. The summed E-state index contributed by atoms with van der Waals surface area (Å²) in [4.78, 5) is 38.0. The Balaban J connectivity index is 1.67. The predicted molar refractivity (Wildman–Crippen MR) is 141 cm³/mol. The van der Waals surface area contributed by atoms with E-state index in [4.69, 9.17) is 25.9 Å². The first kappa shape index (κ1) is 24.9. The van der Waals surface area contributed by atoms with Crippen molar-refractivity contribution in [3.63, 3.8) is 0 Å². The zero-order valence-corrected chi connectivity index (χ0v) is 21.8. The van der Waals surface area contributed by atoms with Crippen LogP contribution in [0.1, 0.15) is 37.8 Å². The lowest BCUT2D eigenvalue weighted by Gasteiger charge is -2.31. The molecule has 11 heteroatoms. The second-order valence-electron chi connectivity index (χ2n) is 10.1. The average Bonchev–Trinajstić information content (AvgIpc) is 3.29. The maximum absolute atomic E-state index is 13.6. The van der Waals surface area contributed by atoms with Gasteiger partial charge in [-0.2, -0.15) is 4.98 Å². The molecule has 0 spiro atoms. The third-order valence-electron chi connectivity index (χ3n) is 7.49. The molecule has 3 N–H and O–H groups in total. The molecule has 1 saturated heterocycles. The van der Waals surface area contributed by atoms with E-state index in [2.05, 4.69) is 4.90 Å². The first-order chi connectivity index (χ1) is 17.7. The summed E-state index contributed by atoms with van der Waals surface area (Å²) in [5, 5.41) is 9.11. The summed E-state index contributed by atoms with van der Waals surface area (Å²) >= 11 is 0. The van der Waals surface area contributed by atoms with E-state index >= 15 is 0 Å². The molecule has 4 heterocycles. The number of imidazole rings is 1. The van der Waals surface area contributed by atoms with Crippen LogP contribution in [0.3, 0.4) is 0 Å². The highest BCUT2D eigenvalue weighted by Crippen LogP contribution is 2.29. The number of aliphatic imine (C=N–C) groups is 1. The monoisotopic (exact) mass is 506 g/mol. The summed E-state index contributed by atoms with van der Waals surface area (Å²) in [6.45, 7) is 5.90. The van der Waals surface area contributed by atoms with E-state index in [-0.39, 0.29) is 23.8 Å². The maximum atomic E-state index is 13.6. The van der Waals surface area contributed by atoms with E-state index < -0.39 is 11.5 Å². The van der Waals surface area contributed by atoms with Crippen LogP contribution in [0.25, 0.3) is 11.2 Å². The van der Waals surface area contributed by atoms with Crippen molar-refractivity contribution in [3.05, 3.63) is 51.4 Å². The van der Waals surface area contributed by atoms with Crippen LogP contribution < -0.4 is 21.8 Å². The van der Waals surface area contributed by atoms with Crippen molar-refractivity contribution in [1.82, 2.24) is 18.7 Å². The highest BCUT2D eigenvalue weighted by Gasteiger charge is 2.39. The topological polar surface area (TPSA) is 137 Å². The third kappa shape index (κ3) is 4.07. The lowest BCUT2D eigenvalue weighted by molar-refractivity contribution is -0.146. The van der Waals surface area contributed by atoms with E-state index in [0.29, 0.717) is 36.4 Å². The number of ether oxygens (including phenoxy) is 1. The number of methoxy groups -OCH3 is 1. The Morgan fingerprint density at radius 3 is 2.76 bits per heavy atom. The number of nitrogens with zero attached hydrogens (tertiary/aromatic N) is 6. The largest absolute Gasteiger partial charge is 0.467 e. The van der Waals surface area contributed by atoms with E-state index in [1.165, 1.54) is 16.2 Å². The van der Waals surface area contributed by atoms with Gasteiger partial charge in [0.25, 0.3) is 0 Å². The number of carbonyl (C=O) groups is 1. The Bertz CT molecular complexity index is 1530. The van der Waals surface area contributed by atoms with Gasteiger partial charge in [-0.15, -0.1) is 0 Å². The Morgan fingerprint density at radius 2 is 2.05 bits per heavy atom. The fourth-order valence-electron chi connectivity index (χ4n) is 5.60. The van der Waals surface area contributed by atoms with Gasteiger partial charge in [-0.25, -0.2) is 9.59 Å². The third-order valence-corrected chi connectivity index (χ3v) is 7.49. The number of fused-ring (bicyclic) bond motifs is 2. The fourth-order valence-corrected chi connectivity index (χ4v) is 5.60. The average molecular weight is 507 g/mol. The maximum Gasteiger partial charge on any atom is 0.333 e. The number of piperidine rings is 1. The first-order valence-corrected chi connectivity index (χ1v) is 12.7. The molecule has 2 aromatic heterocycles. The summed E-state index contributed by atoms with van der Waals surface area (Å²) < 4.78 is 9.93. The van der Waals surface area contributed by atoms with Crippen LogP contribution in [0.2, 0.25) is 0 Å². The minimum atomic E-state index is -1.11. The van der Waals surface area contributed by atoms with E-state index in [0.717, 1.165) is 36.5 Å². The van der Waals surface area contributed by atoms with Crippen LogP contribution in [-0.4, -0.2) is 62.1 Å². The summed E-state index contributed by atoms with van der Waals surface area (Å²) in [7, 11) is 3.02. The van der Waals surface area contributed by atoms with E-state index in [9.17, 15) is 9.59 Å². The highest BCUT2D eigenvalue weighted by molar-refractivity contribution is 6.05. The fraction of sp³-hybridized carbons (Fsp3) is 0.500. The summed E-state index contributed by atoms with van der Waals surface area (Å²) in [5.74, 6) is 0.292. The predicted octanol–water partition coefficient (Wildman–Crippen LogP) is 0.940. The van der Waals surface area contributed by atoms with Gasteiger partial charge in [-0.1, -0.05) is 24.3 Å². The molecule has 0 radical (unpaired) electrons. The molecule has 1 fully saturated rings. The SMILES string of the molecule is CCn1c(N2CCCC(N)C2)nc2c1c(=N)n(CC1=NC(C)(C(=O)OC)Cc3ccccc31)c(=O)n2C. The van der Waals surface area contributed by atoms with Crippen molar-refractivity contribution in [2.75, 3.05) is 25.1 Å². The van der Waals surface area contributed by atoms with Crippen molar-refractivity contribution in [2.24, 2.45) is 17.8 Å². The number of hydrogen-bond acceptors (Lipinski definition) is 8. The lowest BCUT2D eigenvalue weighted by Crippen LogP contribution is -2.45. The molecule has 0 amide bonds. The van der Waals surface area contributed by atoms with E-state index in [1.807, 2.05) is 35.8 Å². The van der Waals surface area contributed by atoms with Crippen LogP contribution in [0.15, 0.2) is 34.1 Å². The molecule has 0 saturated carbocycles. The molecule has 37 heavy (non-hydrogen) atoms. The van der Waals surface area contributed by atoms with Gasteiger partial charge in [0.05, 0.1) is 19.4 Å². The molecule has 0 aliphatic carbocycles. The lowest BCUT2D eigenvalue weighted by atomic mass is 9.85. The Labute approximate surface area is 214 Å². The molecular weight excluding hydrogens is 472 g/mol. The molecule has 2 atom stereocenters. The van der Waals surface area contributed by atoms with Gasteiger partial charge in [-0.05, 0) is 32.3 Å². The first-order valence-electron chi connectivity index (χ1n) is 12.7. The number of aromatic nitrogens is 4. The molecule has 5 rings (SSSR count). The number of nitrogens with one attached hydrogen (secondary N) is 1. The highest BCUT2D eigenvalue weighted by atomic mass is 16.5. The van der Waals surface area contributed by atoms with Crippen LogP contribution in [0.5, 0.6) is 0 Å². The van der Waals surface area contributed by atoms with Gasteiger partial charge < -0.3 is 19.9 Å². The van der Waals surface area contributed by atoms with Crippen molar-refractivity contribution in [3.8, 4) is 0 Å². The molecule has 2 aliphatic heterocycles. The Kier molecular flexibility index (Phi) is 6.26. The van der Waals surface area contributed by atoms with Crippen molar-refractivity contribution in [1.29, 1.82) is 5.41 Å². The number of esters is 1. The second kappa shape index (κ2) is 9.29. The van der Waals surface area contributed by atoms with Gasteiger partial charge in [0.15, 0.2) is 16.7 Å². The van der Waals surface area contributed by atoms with Crippen molar-refractivity contribution < 1.29 is 9.53 Å².